The van der Waals surface area contributed by atoms with Gasteiger partial charge in [-0.3, -0.25) is 4.79 Å². The monoisotopic (exact) mass is 305 g/mol. The molecule has 5 nitrogen and oxygen atoms in total. The zero-order chi connectivity index (χ0) is 13.9. The highest BCUT2D eigenvalue weighted by atomic mass is 32.1. The van der Waals surface area contributed by atoms with Gasteiger partial charge >= 0.3 is 0 Å². The lowest BCUT2D eigenvalue weighted by atomic mass is 10.3. The minimum Gasteiger partial charge on any atom is -0.351 e. The smallest absolute Gasteiger partial charge is 0.290 e. The van der Waals surface area contributed by atoms with E-state index in [0.29, 0.717) is 6.54 Å². The molecule has 0 atom stereocenters. The van der Waals surface area contributed by atoms with Crippen LogP contribution in [0.15, 0.2) is 34.3 Å². The molecule has 0 spiro atoms. The number of hydrogen-bond acceptors (Lipinski definition) is 6. The van der Waals surface area contributed by atoms with Gasteiger partial charge < -0.3 is 9.84 Å². The van der Waals surface area contributed by atoms with Crippen molar-refractivity contribution < 1.29 is 9.32 Å². The molecule has 7 heteroatoms. The Hall–Kier alpha value is -1.99. The molecule has 0 fully saturated rings. The van der Waals surface area contributed by atoms with E-state index in [9.17, 15) is 4.79 Å². The topological polar surface area (TPSA) is 68.0 Å². The van der Waals surface area contributed by atoms with Crippen LogP contribution >= 0.6 is 22.7 Å². The lowest BCUT2D eigenvalue weighted by Gasteiger charge is -2.00. The summed E-state index contributed by atoms with van der Waals surface area (Å²) in [6.07, 6.45) is 1.45. The van der Waals surface area contributed by atoms with Crippen molar-refractivity contribution in [1.29, 1.82) is 0 Å². The van der Waals surface area contributed by atoms with Crippen LogP contribution in [0.25, 0.3) is 9.88 Å². The molecule has 0 aliphatic rings. The maximum atomic E-state index is 11.8. The van der Waals surface area contributed by atoms with E-state index in [1.54, 1.807) is 22.7 Å². The van der Waals surface area contributed by atoms with Crippen LogP contribution in [-0.4, -0.2) is 16.0 Å². The average Bonchev–Trinajstić information content (AvgIpc) is 3.18. The number of amides is 1. The van der Waals surface area contributed by atoms with Gasteiger partial charge in [-0.05, 0) is 18.4 Å². The second-order valence-corrected chi connectivity index (χ2v) is 6.10. The number of nitrogens with one attached hydrogen (secondary N) is 1. The second-order valence-electron chi connectivity index (χ2n) is 4.06. The molecule has 1 N–H and O–H groups in total. The summed E-state index contributed by atoms with van der Waals surface area (Å²) in [5, 5.41) is 9.32. The molecular formula is C13H11N3O2S2. The molecule has 3 aromatic rings. The van der Waals surface area contributed by atoms with Gasteiger partial charge in [-0.25, -0.2) is 4.98 Å². The van der Waals surface area contributed by atoms with Crippen molar-refractivity contribution in [2.24, 2.45) is 0 Å². The van der Waals surface area contributed by atoms with Crippen molar-refractivity contribution in [2.45, 2.75) is 13.5 Å². The number of nitrogens with zero attached hydrogens (tertiary/aromatic N) is 2. The van der Waals surface area contributed by atoms with E-state index in [0.717, 1.165) is 20.5 Å². The minimum atomic E-state index is -0.270. The highest BCUT2D eigenvalue weighted by Gasteiger charge is 2.13. The standard InChI is InChI=1S/C13H11N3O2S2/c1-8-11(7-14-12(17)9-4-5-15-18-9)20-13(16-8)10-3-2-6-19-10/h2-6H,7H2,1H3,(H,14,17). The zero-order valence-corrected chi connectivity index (χ0v) is 12.3. The van der Waals surface area contributed by atoms with Gasteiger partial charge in [0, 0.05) is 10.9 Å². The Morgan fingerprint density at radius 3 is 3.05 bits per heavy atom. The average molecular weight is 305 g/mol. The van der Waals surface area contributed by atoms with Crippen LogP contribution in [0.3, 0.4) is 0 Å². The summed E-state index contributed by atoms with van der Waals surface area (Å²) in [4.78, 5) is 18.5. The molecule has 3 aromatic heterocycles. The summed E-state index contributed by atoms with van der Waals surface area (Å²) in [7, 11) is 0. The summed E-state index contributed by atoms with van der Waals surface area (Å²) in [5.41, 5.74) is 0.941. The van der Waals surface area contributed by atoms with Crippen molar-refractivity contribution >= 4 is 28.6 Å². The third-order valence-electron chi connectivity index (χ3n) is 2.70. The van der Waals surface area contributed by atoms with Crippen molar-refractivity contribution in [3.05, 3.63) is 46.1 Å². The number of aromatic nitrogens is 2. The lowest BCUT2D eigenvalue weighted by molar-refractivity contribution is 0.0914. The predicted octanol–water partition coefficient (Wildman–Crippen LogP) is 3.10. The van der Waals surface area contributed by atoms with E-state index in [1.165, 1.54) is 12.3 Å². The van der Waals surface area contributed by atoms with Crippen LogP contribution in [0.2, 0.25) is 0 Å². The summed E-state index contributed by atoms with van der Waals surface area (Å²) in [6.45, 7) is 2.39. The van der Waals surface area contributed by atoms with E-state index in [-0.39, 0.29) is 11.7 Å². The normalized spacial score (nSPS) is 10.7. The first-order valence-electron chi connectivity index (χ1n) is 5.93. The molecule has 0 aromatic carbocycles. The van der Waals surface area contributed by atoms with Gasteiger partial charge in [-0.1, -0.05) is 11.2 Å². The van der Waals surface area contributed by atoms with Crippen LogP contribution in [0.5, 0.6) is 0 Å². The Bertz CT molecular complexity index is 702. The highest BCUT2D eigenvalue weighted by molar-refractivity contribution is 7.21. The van der Waals surface area contributed by atoms with E-state index < -0.39 is 0 Å². The van der Waals surface area contributed by atoms with E-state index in [4.69, 9.17) is 4.52 Å². The molecule has 0 unspecified atom stereocenters. The van der Waals surface area contributed by atoms with Crippen LogP contribution in [-0.2, 0) is 6.54 Å². The molecule has 0 aliphatic heterocycles. The van der Waals surface area contributed by atoms with Crippen molar-refractivity contribution in [3.8, 4) is 9.88 Å². The lowest BCUT2D eigenvalue weighted by Crippen LogP contribution is -2.22. The first-order valence-corrected chi connectivity index (χ1v) is 7.62. The van der Waals surface area contributed by atoms with Crippen molar-refractivity contribution in [2.75, 3.05) is 0 Å². The van der Waals surface area contributed by atoms with E-state index in [2.05, 4.69) is 15.5 Å². The summed E-state index contributed by atoms with van der Waals surface area (Å²) >= 11 is 3.25. The maximum absolute atomic E-state index is 11.8. The summed E-state index contributed by atoms with van der Waals surface area (Å²) in [5.74, 6) is -0.0568. The van der Waals surface area contributed by atoms with Crippen LogP contribution in [0, 0.1) is 6.92 Å². The molecule has 0 bridgehead atoms. The third kappa shape index (κ3) is 2.63. The number of thiophene rings is 1. The number of carbonyl (C=O) groups excluding carboxylic acids is 1. The summed E-state index contributed by atoms with van der Waals surface area (Å²) < 4.78 is 4.81. The van der Waals surface area contributed by atoms with Crippen LogP contribution in [0.1, 0.15) is 21.1 Å². The summed E-state index contributed by atoms with van der Waals surface area (Å²) in [6, 6.07) is 5.58. The molecule has 1 amide bonds. The second kappa shape index (κ2) is 5.56. The maximum Gasteiger partial charge on any atom is 0.290 e. The van der Waals surface area contributed by atoms with Gasteiger partial charge in [0.1, 0.15) is 5.01 Å². The van der Waals surface area contributed by atoms with Gasteiger partial charge in [-0.2, -0.15) is 0 Å². The quantitative estimate of drug-likeness (QED) is 0.804. The Morgan fingerprint density at radius 1 is 1.45 bits per heavy atom. The SMILES string of the molecule is Cc1nc(-c2cccs2)sc1CNC(=O)c1ccno1. The molecule has 102 valence electrons. The molecule has 0 saturated heterocycles. The first kappa shape index (κ1) is 13.0. The number of thiazole rings is 1. The number of carbonyl (C=O) groups is 1. The molecule has 3 heterocycles. The molecule has 0 radical (unpaired) electrons. The number of rotatable bonds is 4. The van der Waals surface area contributed by atoms with Gasteiger partial charge in [0.2, 0.25) is 5.76 Å². The molecule has 0 saturated carbocycles. The van der Waals surface area contributed by atoms with E-state index >= 15 is 0 Å². The fraction of sp³-hybridized carbons (Fsp3) is 0.154. The van der Waals surface area contributed by atoms with Gasteiger partial charge in [0.25, 0.3) is 5.91 Å². The molecule has 20 heavy (non-hydrogen) atoms. The fourth-order valence-corrected chi connectivity index (χ4v) is 3.48. The van der Waals surface area contributed by atoms with Crippen molar-refractivity contribution in [1.82, 2.24) is 15.5 Å². The van der Waals surface area contributed by atoms with E-state index in [1.807, 2.05) is 24.4 Å². The third-order valence-corrected chi connectivity index (χ3v) is 4.89. The van der Waals surface area contributed by atoms with Crippen molar-refractivity contribution in [3.63, 3.8) is 0 Å². The first-order chi connectivity index (χ1) is 9.74. The van der Waals surface area contributed by atoms with Crippen LogP contribution < -0.4 is 5.32 Å². The fourth-order valence-electron chi connectivity index (χ4n) is 1.68. The highest BCUT2D eigenvalue weighted by Crippen LogP contribution is 2.30. The van der Waals surface area contributed by atoms with Gasteiger partial charge in [-0.15, -0.1) is 22.7 Å². The largest absolute Gasteiger partial charge is 0.351 e. The van der Waals surface area contributed by atoms with Crippen LogP contribution in [0.4, 0.5) is 0 Å². The zero-order valence-electron chi connectivity index (χ0n) is 10.6. The predicted molar refractivity (Wildman–Crippen MR) is 77.8 cm³/mol. The Kier molecular flexibility index (Phi) is 3.62. The van der Waals surface area contributed by atoms with Gasteiger partial charge in [0.15, 0.2) is 0 Å². The molecular weight excluding hydrogens is 294 g/mol. The Morgan fingerprint density at radius 2 is 2.35 bits per heavy atom. The van der Waals surface area contributed by atoms with Gasteiger partial charge in [0.05, 0.1) is 23.3 Å². The minimum absolute atomic E-state index is 0.214. The Balaban J connectivity index is 1.71. The molecule has 0 aliphatic carbocycles. The number of aryl methyl sites for hydroxylation is 1. The molecule has 3 rings (SSSR count). The number of hydrogen-bond donors (Lipinski definition) is 1. The Labute approximate surface area is 123 Å².